The van der Waals surface area contributed by atoms with E-state index in [1.54, 1.807) is 18.2 Å². The van der Waals surface area contributed by atoms with Crippen molar-refractivity contribution in [2.45, 2.75) is 12.7 Å². The Morgan fingerprint density at radius 2 is 1.94 bits per heavy atom. The van der Waals surface area contributed by atoms with E-state index in [2.05, 4.69) is 20.2 Å². The number of aromatic nitrogens is 5. The molecule has 0 atom stereocenters. The molecule has 4 aromatic rings. The largest absolute Gasteiger partial charge is 0.448 e. The highest BCUT2D eigenvalue weighted by molar-refractivity contribution is 5.61. The van der Waals surface area contributed by atoms with Crippen LogP contribution in [0.1, 0.15) is 17.0 Å². The fourth-order valence-electron chi connectivity index (χ4n) is 3.07. The van der Waals surface area contributed by atoms with Gasteiger partial charge in [-0.2, -0.15) is 23.5 Å². The molecular weight excluding hydrogens is 453 g/mol. The number of hydrogen-bond donors (Lipinski definition) is 1. The first kappa shape index (κ1) is 22.4. The maximum absolute atomic E-state index is 13.5. The predicted molar refractivity (Wildman–Crippen MR) is 112 cm³/mol. The number of nitrogens with zero attached hydrogens (tertiary/aromatic N) is 5. The molecule has 9 nitrogen and oxygen atoms in total. The SMILES string of the molecule is N#Cc1ccccc1Oc1c(C(F)(F)F)ncn(Cc2cc(-c3cccnc3)c(=O)[nH]n2)c1=O. The maximum Gasteiger partial charge on any atom is 0.437 e. The van der Waals surface area contributed by atoms with E-state index in [4.69, 9.17) is 4.74 Å². The minimum absolute atomic E-state index is 0.0613. The Hall–Kier alpha value is -4.79. The van der Waals surface area contributed by atoms with Gasteiger partial charge in [-0.15, -0.1) is 0 Å². The number of para-hydroxylation sites is 1. The number of hydrogen-bond acceptors (Lipinski definition) is 7. The Labute approximate surface area is 188 Å². The fourth-order valence-corrected chi connectivity index (χ4v) is 3.07. The van der Waals surface area contributed by atoms with Crippen molar-refractivity contribution in [2.24, 2.45) is 0 Å². The summed E-state index contributed by atoms with van der Waals surface area (Å²) in [6.07, 6.45) is -1.29. The Balaban J connectivity index is 1.77. The monoisotopic (exact) mass is 466 g/mol. The van der Waals surface area contributed by atoms with Crippen molar-refractivity contribution in [3.8, 4) is 28.7 Å². The Morgan fingerprint density at radius 3 is 2.65 bits per heavy atom. The number of alkyl halides is 3. The zero-order valence-corrected chi connectivity index (χ0v) is 17.1. The van der Waals surface area contributed by atoms with Gasteiger partial charge in [0.15, 0.2) is 5.69 Å². The van der Waals surface area contributed by atoms with Gasteiger partial charge < -0.3 is 4.74 Å². The van der Waals surface area contributed by atoms with Crippen LogP contribution in [0.15, 0.2) is 70.8 Å². The summed E-state index contributed by atoms with van der Waals surface area (Å²) in [5.74, 6) is -1.32. The molecule has 0 bridgehead atoms. The molecule has 170 valence electrons. The first-order chi connectivity index (χ1) is 16.3. The lowest BCUT2D eigenvalue weighted by Gasteiger charge is -2.15. The standard InChI is InChI=1S/C22H13F3N6O3/c23-22(24,25)19-18(34-17-6-2-1-4-13(17)9-26)21(33)31(12-28-19)11-15-8-16(20(32)30-29-15)14-5-3-7-27-10-14/h1-8,10,12H,11H2,(H,30,32). The van der Waals surface area contributed by atoms with E-state index in [0.717, 1.165) is 4.57 Å². The van der Waals surface area contributed by atoms with Crippen LogP contribution in [0, 0.1) is 11.3 Å². The molecule has 0 saturated heterocycles. The van der Waals surface area contributed by atoms with Crippen LogP contribution in [0.4, 0.5) is 13.2 Å². The second-order valence-corrected chi connectivity index (χ2v) is 6.91. The van der Waals surface area contributed by atoms with Crippen molar-refractivity contribution in [3.63, 3.8) is 0 Å². The summed E-state index contributed by atoms with van der Waals surface area (Å²) in [7, 11) is 0. The zero-order chi connectivity index (χ0) is 24.3. The third-order valence-corrected chi connectivity index (χ3v) is 4.65. The summed E-state index contributed by atoms with van der Waals surface area (Å²) >= 11 is 0. The lowest BCUT2D eigenvalue weighted by molar-refractivity contribution is -0.142. The molecule has 3 aromatic heterocycles. The lowest BCUT2D eigenvalue weighted by atomic mass is 10.1. The average Bonchev–Trinajstić information content (AvgIpc) is 2.83. The van der Waals surface area contributed by atoms with Gasteiger partial charge in [0, 0.05) is 18.0 Å². The molecule has 0 saturated carbocycles. The summed E-state index contributed by atoms with van der Waals surface area (Å²) in [5, 5.41) is 15.4. The molecule has 0 aliphatic heterocycles. The van der Waals surface area contributed by atoms with Crippen LogP contribution < -0.4 is 15.9 Å². The van der Waals surface area contributed by atoms with E-state index < -0.39 is 28.7 Å². The lowest BCUT2D eigenvalue weighted by Crippen LogP contribution is -2.27. The van der Waals surface area contributed by atoms with Crippen LogP contribution in [0.25, 0.3) is 11.1 Å². The van der Waals surface area contributed by atoms with Crippen LogP contribution >= 0.6 is 0 Å². The molecule has 0 radical (unpaired) electrons. The van der Waals surface area contributed by atoms with E-state index in [1.165, 1.54) is 42.7 Å². The normalized spacial score (nSPS) is 11.1. The summed E-state index contributed by atoms with van der Waals surface area (Å²) in [4.78, 5) is 32.5. The molecule has 3 heterocycles. The van der Waals surface area contributed by atoms with Crippen molar-refractivity contribution in [1.82, 2.24) is 24.7 Å². The minimum Gasteiger partial charge on any atom is -0.448 e. The van der Waals surface area contributed by atoms with E-state index in [9.17, 15) is 28.0 Å². The van der Waals surface area contributed by atoms with Crippen LogP contribution in [-0.2, 0) is 12.7 Å². The molecule has 1 N–H and O–H groups in total. The maximum atomic E-state index is 13.5. The van der Waals surface area contributed by atoms with Gasteiger partial charge in [0.25, 0.3) is 11.1 Å². The van der Waals surface area contributed by atoms with E-state index in [1.807, 2.05) is 0 Å². The topological polar surface area (TPSA) is 127 Å². The smallest absolute Gasteiger partial charge is 0.437 e. The quantitative estimate of drug-likeness (QED) is 0.479. The molecule has 1 aromatic carbocycles. The van der Waals surface area contributed by atoms with Crippen molar-refractivity contribution in [2.75, 3.05) is 0 Å². The second-order valence-electron chi connectivity index (χ2n) is 6.91. The van der Waals surface area contributed by atoms with Gasteiger partial charge >= 0.3 is 6.18 Å². The fraction of sp³-hybridized carbons (Fsp3) is 0.0909. The highest BCUT2D eigenvalue weighted by atomic mass is 19.4. The number of nitrogens with one attached hydrogen (secondary N) is 1. The van der Waals surface area contributed by atoms with Crippen LogP contribution in [0.3, 0.4) is 0 Å². The summed E-state index contributed by atoms with van der Waals surface area (Å²) in [6.45, 7) is -0.315. The molecule has 12 heteroatoms. The van der Waals surface area contributed by atoms with Crippen molar-refractivity contribution < 1.29 is 17.9 Å². The number of halogens is 3. The molecule has 0 spiro atoms. The molecular formula is C22H13F3N6O3. The molecule has 0 unspecified atom stereocenters. The molecule has 0 fully saturated rings. The highest BCUT2D eigenvalue weighted by Crippen LogP contribution is 2.35. The predicted octanol–water partition coefficient (Wildman–Crippen LogP) is 3.12. The van der Waals surface area contributed by atoms with E-state index >= 15 is 0 Å². The Morgan fingerprint density at radius 1 is 1.15 bits per heavy atom. The number of rotatable bonds is 5. The number of nitriles is 1. The molecule has 34 heavy (non-hydrogen) atoms. The van der Waals surface area contributed by atoms with Crippen molar-refractivity contribution in [1.29, 1.82) is 5.26 Å². The van der Waals surface area contributed by atoms with Crippen LogP contribution in [0.2, 0.25) is 0 Å². The van der Waals surface area contributed by atoms with E-state index in [-0.39, 0.29) is 29.1 Å². The Kier molecular flexibility index (Phi) is 5.92. The van der Waals surface area contributed by atoms with Crippen molar-refractivity contribution in [3.05, 3.63) is 98.8 Å². The van der Waals surface area contributed by atoms with Gasteiger partial charge in [0.05, 0.1) is 29.7 Å². The van der Waals surface area contributed by atoms with Gasteiger partial charge in [0.2, 0.25) is 5.75 Å². The first-order valence-corrected chi connectivity index (χ1v) is 9.60. The van der Waals surface area contributed by atoms with Crippen molar-refractivity contribution >= 4 is 0 Å². The van der Waals surface area contributed by atoms with Crippen LogP contribution in [0.5, 0.6) is 11.5 Å². The van der Waals surface area contributed by atoms with Crippen LogP contribution in [-0.4, -0.2) is 24.7 Å². The third kappa shape index (κ3) is 4.53. The third-order valence-electron chi connectivity index (χ3n) is 4.65. The van der Waals surface area contributed by atoms with Gasteiger partial charge in [0.1, 0.15) is 11.8 Å². The Bertz CT molecular complexity index is 1510. The average molecular weight is 466 g/mol. The number of pyridine rings is 1. The van der Waals surface area contributed by atoms with Gasteiger partial charge in [-0.1, -0.05) is 18.2 Å². The number of ether oxygens (including phenoxy) is 1. The number of H-pyrrole nitrogens is 1. The summed E-state index contributed by atoms with van der Waals surface area (Å²) in [5.41, 5.74) is -2.38. The zero-order valence-electron chi connectivity index (χ0n) is 17.1. The van der Waals surface area contributed by atoms with Gasteiger partial charge in [-0.05, 0) is 24.3 Å². The van der Waals surface area contributed by atoms with Gasteiger partial charge in [-0.3, -0.25) is 19.1 Å². The van der Waals surface area contributed by atoms with Gasteiger partial charge in [-0.25, -0.2) is 10.1 Å². The minimum atomic E-state index is -4.99. The highest BCUT2D eigenvalue weighted by Gasteiger charge is 2.39. The summed E-state index contributed by atoms with van der Waals surface area (Å²) in [6, 6.07) is 12.0. The second kappa shape index (κ2) is 8.99. The molecule has 0 aliphatic rings. The summed E-state index contributed by atoms with van der Waals surface area (Å²) < 4.78 is 46.7. The number of benzene rings is 1. The first-order valence-electron chi connectivity index (χ1n) is 9.60. The number of aromatic amines is 1. The molecule has 4 rings (SSSR count). The molecule has 0 aliphatic carbocycles. The molecule has 0 amide bonds. The van der Waals surface area contributed by atoms with E-state index in [0.29, 0.717) is 11.9 Å².